The summed E-state index contributed by atoms with van der Waals surface area (Å²) in [6.45, 7) is 6.59. The van der Waals surface area contributed by atoms with Gasteiger partial charge in [-0.2, -0.15) is 0 Å². The number of piperazine rings is 2. The van der Waals surface area contributed by atoms with E-state index in [0.717, 1.165) is 37.8 Å². The van der Waals surface area contributed by atoms with Crippen LogP contribution in [0.15, 0.2) is 24.5 Å². The van der Waals surface area contributed by atoms with Crippen LogP contribution < -0.4 is 24.0 Å². The van der Waals surface area contributed by atoms with Crippen molar-refractivity contribution in [1.29, 1.82) is 0 Å². The van der Waals surface area contributed by atoms with Crippen molar-refractivity contribution in [3.05, 3.63) is 30.1 Å². The van der Waals surface area contributed by atoms with Gasteiger partial charge in [-0.15, -0.1) is 0 Å². The van der Waals surface area contributed by atoms with E-state index in [1.165, 1.54) is 0 Å². The molecule has 10 heteroatoms. The Hall–Kier alpha value is -3.27. The predicted octanol–water partition coefficient (Wildman–Crippen LogP) is 1.22. The van der Waals surface area contributed by atoms with E-state index in [1.54, 1.807) is 39.8 Å². The van der Waals surface area contributed by atoms with Crippen LogP contribution in [0.25, 0.3) is 0 Å². The van der Waals surface area contributed by atoms with Crippen molar-refractivity contribution in [3.63, 3.8) is 0 Å². The van der Waals surface area contributed by atoms with E-state index >= 15 is 0 Å². The number of methoxy groups -OCH3 is 3. The molecule has 2 aliphatic rings. The highest BCUT2D eigenvalue weighted by Gasteiger charge is 2.26. The number of rotatable bonds is 6. The number of carbonyl (C=O) groups is 1. The molecule has 1 aromatic carbocycles. The Bertz CT molecular complexity index is 946. The standard InChI is InChI=1S/C23H32N6O4/c1-26-5-7-27(8-6-26)20-15-21(25-16-24-20)28-9-11-29(12-10-28)23(30)17-13-18(31-2)22(33-4)19(14-17)32-3/h13-16H,5-12H2,1-4H3. The van der Waals surface area contributed by atoms with Crippen molar-refractivity contribution < 1.29 is 19.0 Å². The summed E-state index contributed by atoms with van der Waals surface area (Å²) in [6, 6.07) is 5.45. The van der Waals surface area contributed by atoms with Gasteiger partial charge in [0.25, 0.3) is 5.91 Å². The Labute approximate surface area is 194 Å². The molecule has 33 heavy (non-hydrogen) atoms. The molecular weight excluding hydrogens is 424 g/mol. The van der Waals surface area contributed by atoms with E-state index < -0.39 is 0 Å². The normalized spacial score (nSPS) is 17.2. The molecule has 3 heterocycles. The van der Waals surface area contributed by atoms with Gasteiger partial charge >= 0.3 is 0 Å². The second kappa shape index (κ2) is 10.1. The third kappa shape index (κ3) is 4.90. The fraction of sp³-hybridized carbons (Fsp3) is 0.522. The maximum absolute atomic E-state index is 13.2. The highest BCUT2D eigenvalue weighted by molar-refractivity contribution is 5.95. The van der Waals surface area contributed by atoms with E-state index in [2.05, 4.69) is 37.8 Å². The summed E-state index contributed by atoms with van der Waals surface area (Å²) in [5, 5.41) is 0. The Morgan fingerprint density at radius 1 is 0.758 bits per heavy atom. The SMILES string of the molecule is COc1cc(C(=O)N2CCN(c3cc(N4CCN(C)CC4)ncn3)CC2)cc(OC)c1OC. The lowest BCUT2D eigenvalue weighted by Gasteiger charge is -2.36. The number of aromatic nitrogens is 2. The lowest BCUT2D eigenvalue weighted by atomic mass is 10.1. The van der Waals surface area contributed by atoms with Crippen LogP contribution in [0.5, 0.6) is 17.2 Å². The third-order valence-corrected chi connectivity index (χ3v) is 6.27. The molecule has 10 nitrogen and oxygen atoms in total. The summed E-state index contributed by atoms with van der Waals surface area (Å²) in [5.74, 6) is 3.21. The number of carbonyl (C=O) groups excluding carboxylic acids is 1. The monoisotopic (exact) mass is 456 g/mol. The first-order chi connectivity index (χ1) is 16.0. The number of likely N-dealkylation sites (N-methyl/N-ethyl adjacent to an activating group) is 1. The molecule has 0 aliphatic carbocycles. The van der Waals surface area contributed by atoms with E-state index in [-0.39, 0.29) is 5.91 Å². The van der Waals surface area contributed by atoms with Crippen LogP contribution in [0.3, 0.4) is 0 Å². The predicted molar refractivity (Wildman–Crippen MR) is 126 cm³/mol. The number of hydrogen-bond donors (Lipinski definition) is 0. The van der Waals surface area contributed by atoms with Crippen LogP contribution >= 0.6 is 0 Å². The number of benzene rings is 1. The summed E-state index contributed by atoms with van der Waals surface area (Å²) < 4.78 is 16.1. The number of amides is 1. The summed E-state index contributed by atoms with van der Waals surface area (Å²) in [7, 11) is 6.77. The highest BCUT2D eigenvalue weighted by Crippen LogP contribution is 2.38. The van der Waals surface area contributed by atoms with E-state index in [1.807, 2.05) is 4.90 Å². The van der Waals surface area contributed by atoms with Gasteiger partial charge in [0.05, 0.1) is 21.3 Å². The first kappa shape index (κ1) is 22.9. The van der Waals surface area contributed by atoms with Gasteiger partial charge in [0.15, 0.2) is 11.5 Å². The Balaban J connectivity index is 1.42. The molecule has 1 aromatic heterocycles. The maximum atomic E-state index is 13.2. The molecule has 178 valence electrons. The van der Waals surface area contributed by atoms with Crippen LogP contribution in [0.2, 0.25) is 0 Å². The van der Waals surface area contributed by atoms with E-state index in [0.29, 0.717) is 49.0 Å². The molecule has 0 bridgehead atoms. The lowest BCUT2D eigenvalue weighted by Crippen LogP contribution is -2.49. The highest BCUT2D eigenvalue weighted by atomic mass is 16.5. The minimum absolute atomic E-state index is 0.0604. The van der Waals surface area contributed by atoms with Crippen LogP contribution in [0, 0.1) is 0 Å². The maximum Gasteiger partial charge on any atom is 0.254 e. The average Bonchev–Trinajstić information content (AvgIpc) is 2.88. The second-order valence-electron chi connectivity index (χ2n) is 8.22. The minimum atomic E-state index is -0.0604. The molecule has 4 rings (SSSR count). The van der Waals surface area contributed by atoms with Gasteiger partial charge in [-0.25, -0.2) is 9.97 Å². The van der Waals surface area contributed by atoms with E-state index in [4.69, 9.17) is 14.2 Å². The van der Waals surface area contributed by atoms with Crippen LogP contribution in [-0.2, 0) is 0 Å². The molecule has 0 unspecified atom stereocenters. The zero-order valence-corrected chi connectivity index (χ0v) is 19.8. The number of hydrogen-bond acceptors (Lipinski definition) is 9. The molecule has 0 radical (unpaired) electrons. The van der Waals surface area contributed by atoms with Gasteiger partial charge < -0.3 is 33.8 Å². The fourth-order valence-electron chi connectivity index (χ4n) is 4.24. The molecule has 0 spiro atoms. The quantitative estimate of drug-likeness (QED) is 0.637. The van der Waals surface area contributed by atoms with Gasteiger partial charge in [-0.05, 0) is 19.2 Å². The van der Waals surface area contributed by atoms with E-state index in [9.17, 15) is 4.79 Å². The van der Waals surface area contributed by atoms with Crippen molar-refractivity contribution in [2.45, 2.75) is 0 Å². The molecule has 0 atom stereocenters. The van der Waals surface area contributed by atoms with Gasteiger partial charge in [0.1, 0.15) is 18.0 Å². The van der Waals surface area contributed by atoms with Gasteiger partial charge in [-0.1, -0.05) is 0 Å². The number of nitrogens with zero attached hydrogens (tertiary/aromatic N) is 6. The molecule has 2 saturated heterocycles. The Morgan fingerprint density at radius 2 is 1.27 bits per heavy atom. The number of anilines is 2. The average molecular weight is 457 g/mol. The fourth-order valence-corrected chi connectivity index (χ4v) is 4.24. The molecular formula is C23H32N6O4. The van der Waals surface area contributed by atoms with Gasteiger partial charge in [0.2, 0.25) is 5.75 Å². The van der Waals surface area contributed by atoms with Crippen molar-refractivity contribution in [3.8, 4) is 17.2 Å². The van der Waals surface area contributed by atoms with Crippen molar-refractivity contribution >= 4 is 17.5 Å². The van der Waals surface area contributed by atoms with Gasteiger partial charge in [0, 0.05) is 64.0 Å². The van der Waals surface area contributed by atoms with Crippen molar-refractivity contribution in [1.82, 2.24) is 19.8 Å². The number of ether oxygens (including phenoxy) is 3. The smallest absolute Gasteiger partial charge is 0.254 e. The minimum Gasteiger partial charge on any atom is -0.493 e. The van der Waals surface area contributed by atoms with Crippen LogP contribution in [-0.4, -0.2) is 106 Å². The van der Waals surface area contributed by atoms with Crippen molar-refractivity contribution in [2.24, 2.45) is 0 Å². The Kier molecular flexibility index (Phi) is 7.02. The molecule has 0 N–H and O–H groups in total. The topological polar surface area (TPSA) is 83.5 Å². The zero-order chi connectivity index (χ0) is 23.4. The molecule has 2 aromatic rings. The summed E-state index contributed by atoms with van der Waals surface area (Å²) >= 11 is 0. The zero-order valence-electron chi connectivity index (χ0n) is 19.8. The molecule has 2 fully saturated rings. The summed E-state index contributed by atoms with van der Waals surface area (Å²) in [4.78, 5) is 30.8. The lowest BCUT2D eigenvalue weighted by molar-refractivity contribution is 0.0745. The molecule has 2 aliphatic heterocycles. The summed E-state index contributed by atoms with van der Waals surface area (Å²) in [6.07, 6.45) is 1.64. The second-order valence-corrected chi connectivity index (χ2v) is 8.22. The van der Waals surface area contributed by atoms with Gasteiger partial charge in [-0.3, -0.25) is 4.79 Å². The van der Waals surface area contributed by atoms with Crippen LogP contribution in [0.1, 0.15) is 10.4 Å². The largest absolute Gasteiger partial charge is 0.493 e. The third-order valence-electron chi connectivity index (χ3n) is 6.27. The Morgan fingerprint density at radius 3 is 1.76 bits per heavy atom. The summed E-state index contributed by atoms with van der Waals surface area (Å²) in [5.41, 5.74) is 0.511. The first-order valence-corrected chi connectivity index (χ1v) is 11.1. The molecule has 1 amide bonds. The molecule has 0 saturated carbocycles. The van der Waals surface area contributed by atoms with Crippen molar-refractivity contribution in [2.75, 3.05) is 90.5 Å². The first-order valence-electron chi connectivity index (χ1n) is 11.1. The van der Waals surface area contributed by atoms with Crippen LogP contribution in [0.4, 0.5) is 11.6 Å².